The van der Waals surface area contributed by atoms with Crippen molar-refractivity contribution >= 4 is 5.91 Å². The van der Waals surface area contributed by atoms with Gasteiger partial charge < -0.3 is 15.0 Å². The lowest BCUT2D eigenvalue weighted by Crippen LogP contribution is -2.49. The minimum atomic E-state index is 0.120. The molecule has 4 heteroatoms. The molecular weight excluding hydrogens is 168 g/mol. The van der Waals surface area contributed by atoms with Crippen molar-refractivity contribution in [2.75, 3.05) is 33.4 Å². The fraction of sp³-hybridized carbons (Fsp3) is 0.889. The van der Waals surface area contributed by atoms with Crippen LogP contribution in [0.15, 0.2) is 0 Å². The van der Waals surface area contributed by atoms with Crippen LogP contribution in [0.5, 0.6) is 0 Å². The summed E-state index contributed by atoms with van der Waals surface area (Å²) < 4.78 is 5.32. The molecule has 2 saturated heterocycles. The van der Waals surface area contributed by atoms with Gasteiger partial charge in [0.15, 0.2) is 0 Å². The molecular formula is C9H16N2O2. The zero-order valence-electron chi connectivity index (χ0n) is 7.95. The number of piperidine rings is 1. The largest absolute Gasteiger partial charge is 0.371 e. The van der Waals surface area contributed by atoms with Crippen LogP contribution in [-0.2, 0) is 9.53 Å². The van der Waals surface area contributed by atoms with Crippen molar-refractivity contribution < 1.29 is 9.53 Å². The molecule has 2 aliphatic heterocycles. The fourth-order valence-electron chi connectivity index (χ4n) is 2.17. The number of ether oxygens (including phenoxy) is 1. The van der Waals surface area contributed by atoms with Crippen molar-refractivity contribution in [3.05, 3.63) is 0 Å². The average molecular weight is 184 g/mol. The SMILES string of the molecule is CN1C(=O)COCC2CNCCC21. The van der Waals surface area contributed by atoms with Gasteiger partial charge in [0, 0.05) is 25.6 Å². The molecule has 2 rings (SSSR count). The molecule has 0 aromatic carbocycles. The second-order valence-electron chi connectivity index (χ2n) is 3.84. The topological polar surface area (TPSA) is 41.6 Å². The first-order valence-corrected chi connectivity index (χ1v) is 4.83. The van der Waals surface area contributed by atoms with Gasteiger partial charge in [0.2, 0.25) is 5.91 Å². The first-order chi connectivity index (χ1) is 6.29. The number of hydrogen-bond acceptors (Lipinski definition) is 3. The number of hydrogen-bond donors (Lipinski definition) is 1. The number of amides is 1. The Morgan fingerprint density at radius 2 is 2.46 bits per heavy atom. The number of carbonyl (C=O) groups is 1. The molecule has 1 amide bonds. The average Bonchev–Trinajstić information content (AvgIpc) is 2.29. The van der Waals surface area contributed by atoms with Gasteiger partial charge in [-0.3, -0.25) is 4.79 Å². The summed E-state index contributed by atoms with van der Waals surface area (Å²) in [6.45, 7) is 2.96. The zero-order valence-corrected chi connectivity index (χ0v) is 7.95. The molecule has 2 unspecified atom stereocenters. The number of likely N-dealkylation sites (N-methyl/N-ethyl adjacent to an activating group) is 1. The van der Waals surface area contributed by atoms with E-state index >= 15 is 0 Å². The standard InChI is InChI=1S/C9H16N2O2/c1-11-8-2-3-10-4-7(8)5-13-6-9(11)12/h7-8,10H,2-6H2,1H3. The summed E-state index contributed by atoms with van der Waals surface area (Å²) in [6, 6.07) is 0.385. The van der Waals surface area contributed by atoms with Crippen molar-refractivity contribution in [1.29, 1.82) is 0 Å². The monoisotopic (exact) mass is 184 g/mol. The summed E-state index contributed by atoms with van der Waals surface area (Å²) in [6.07, 6.45) is 1.05. The van der Waals surface area contributed by atoms with Crippen LogP contribution in [0.3, 0.4) is 0 Å². The lowest BCUT2D eigenvalue weighted by Gasteiger charge is -2.35. The van der Waals surface area contributed by atoms with Gasteiger partial charge in [0.1, 0.15) is 6.61 Å². The van der Waals surface area contributed by atoms with E-state index in [1.807, 2.05) is 11.9 Å². The Bertz CT molecular complexity index is 208. The van der Waals surface area contributed by atoms with Crippen LogP contribution in [0.1, 0.15) is 6.42 Å². The Labute approximate surface area is 78.2 Å². The lowest BCUT2D eigenvalue weighted by molar-refractivity contribution is -0.134. The van der Waals surface area contributed by atoms with Gasteiger partial charge in [-0.1, -0.05) is 0 Å². The Balaban J connectivity index is 2.11. The van der Waals surface area contributed by atoms with Crippen LogP contribution in [-0.4, -0.2) is 50.2 Å². The molecule has 0 saturated carbocycles. The summed E-state index contributed by atoms with van der Waals surface area (Å²) in [5.74, 6) is 0.597. The minimum Gasteiger partial charge on any atom is -0.371 e. The summed E-state index contributed by atoms with van der Waals surface area (Å²) in [4.78, 5) is 13.3. The molecule has 2 aliphatic rings. The molecule has 0 aromatic heterocycles. The number of carbonyl (C=O) groups excluding carboxylic acids is 1. The molecule has 2 atom stereocenters. The predicted octanol–water partition coefficient (Wildman–Crippen LogP) is -0.547. The Morgan fingerprint density at radius 1 is 1.62 bits per heavy atom. The van der Waals surface area contributed by atoms with E-state index in [2.05, 4.69) is 5.32 Å². The smallest absolute Gasteiger partial charge is 0.248 e. The van der Waals surface area contributed by atoms with Crippen LogP contribution in [0, 0.1) is 5.92 Å². The summed E-state index contributed by atoms with van der Waals surface area (Å²) in [5.41, 5.74) is 0. The molecule has 1 N–H and O–H groups in total. The summed E-state index contributed by atoms with van der Waals surface area (Å²) in [5, 5.41) is 3.33. The van der Waals surface area contributed by atoms with Gasteiger partial charge in [-0.2, -0.15) is 0 Å². The first-order valence-electron chi connectivity index (χ1n) is 4.83. The molecule has 4 nitrogen and oxygen atoms in total. The van der Waals surface area contributed by atoms with Crippen molar-refractivity contribution in [2.45, 2.75) is 12.5 Å². The fourth-order valence-corrected chi connectivity index (χ4v) is 2.17. The van der Waals surface area contributed by atoms with E-state index in [-0.39, 0.29) is 12.5 Å². The number of nitrogens with zero attached hydrogens (tertiary/aromatic N) is 1. The molecule has 0 spiro atoms. The Kier molecular flexibility index (Phi) is 2.51. The third-order valence-electron chi connectivity index (χ3n) is 3.02. The summed E-state index contributed by atoms with van der Waals surface area (Å²) in [7, 11) is 1.89. The maximum atomic E-state index is 11.4. The van der Waals surface area contributed by atoms with E-state index in [0.29, 0.717) is 18.6 Å². The predicted molar refractivity (Wildman–Crippen MR) is 48.4 cm³/mol. The van der Waals surface area contributed by atoms with E-state index in [1.165, 1.54) is 0 Å². The highest BCUT2D eigenvalue weighted by Crippen LogP contribution is 2.20. The maximum absolute atomic E-state index is 11.4. The van der Waals surface area contributed by atoms with E-state index in [9.17, 15) is 4.79 Å². The number of fused-ring (bicyclic) bond motifs is 1. The molecule has 2 heterocycles. The second kappa shape index (κ2) is 3.64. The third kappa shape index (κ3) is 1.69. The van der Waals surface area contributed by atoms with Gasteiger partial charge in [-0.25, -0.2) is 0 Å². The van der Waals surface area contributed by atoms with E-state index < -0.39 is 0 Å². The quantitative estimate of drug-likeness (QED) is 0.549. The third-order valence-corrected chi connectivity index (χ3v) is 3.02. The molecule has 0 bridgehead atoms. The molecule has 0 aromatic rings. The van der Waals surface area contributed by atoms with Crippen LogP contribution < -0.4 is 5.32 Å². The molecule has 0 radical (unpaired) electrons. The van der Waals surface area contributed by atoms with Gasteiger partial charge in [0.25, 0.3) is 0 Å². The van der Waals surface area contributed by atoms with Crippen LogP contribution in [0.4, 0.5) is 0 Å². The summed E-state index contributed by atoms with van der Waals surface area (Å²) >= 11 is 0. The van der Waals surface area contributed by atoms with Gasteiger partial charge in [-0.15, -0.1) is 0 Å². The van der Waals surface area contributed by atoms with Crippen LogP contribution in [0.25, 0.3) is 0 Å². The highest BCUT2D eigenvalue weighted by atomic mass is 16.5. The van der Waals surface area contributed by atoms with Crippen LogP contribution >= 0.6 is 0 Å². The second-order valence-corrected chi connectivity index (χ2v) is 3.84. The van der Waals surface area contributed by atoms with Gasteiger partial charge >= 0.3 is 0 Å². The molecule has 2 fully saturated rings. The molecule has 74 valence electrons. The van der Waals surface area contributed by atoms with Crippen LogP contribution in [0.2, 0.25) is 0 Å². The van der Waals surface area contributed by atoms with Crippen molar-refractivity contribution in [3.8, 4) is 0 Å². The molecule has 13 heavy (non-hydrogen) atoms. The Morgan fingerprint density at radius 3 is 3.31 bits per heavy atom. The molecule has 0 aliphatic carbocycles. The van der Waals surface area contributed by atoms with E-state index in [0.717, 1.165) is 19.5 Å². The highest BCUT2D eigenvalue weighted by molar-refractivity contribution is 5.77. The zero-order chi connectivity index (χ0) is 9.26. The van der Waals surface area contributed by atoms with Crippen molar-refractivity contribution in [1.82, 2.24) is 10.2 Å². The normalized spacial score (nSPS) is 35.5. The Hall–Kier alpha value is -0.610. The van der Waals surface area contributed by atoms with Crippen molar-refractivity contribution in [3.63, 3.8) is 0 Å². The minimum absolute atomic E-state index is 0.120. The van der Waals surface area contributed by atoms with Gasteiger partial charge in [0.05, 0.1) is 6.61 Å². The van der Waals surface area contributed by atoms with Gasteiger partial charge in [-0.05, 0) is 13.0 Å². The maximum Gasteiger partial charge on any atom is 0.248 e. The van der Waals surface area contributed by atoms with E-state index in [1.54, 1.807) is 0 Å². The van der Waals surface area contributed by atoms with E-state index in [4.69, 9.17) is 4.74 Å². The van der Waals surface area contributed by atoms with Crippen molar-refractivity contribution in [2.24, 2.45) is 5.92 Å². The lowest BCUT2D eigenvalue weighted by atomic mass is 9.93. The number of rotatable bonds is 0. The first kappa shape index (κ1) is 8.97. The number of nitrogens with one attached hydrogen (secondary N) is 1. The highest BCUT2D eigenvalue weighted by Gasteiger charge is 2.33.